The molecule has 0 bridgehead atoms. The van der Waals surface area contributed by atoms with E-state index < -0.39 is 0 Å². The molecule has 4 nitrogen and oxygen atoms in total. The number of likely N-dealkylation sites (N-methyl/N-ethyl adjacent to an activating group) is 1. The second kappa shape index (κ2) is 7.14. The Morgan fingerprint density at radius 3 is 3.00 bits per heavy atom. The van der Waals surface area contributed by atoms with Gasteiger partial charge >= 0.3 is 0 Å². The molecule has 1 N–H and O–H groups in total. The molecule has 19 heavy (non-hydrogen) atoms. The van der Waals surface area contributed by atoms with E-state index in [1.54, 1.807) is 6.26 Å². The van der Waals surface area contributed by atoms with Crippen LogP contribution in [0.5, 0.6) is 0 Å². The largest absolute Gasteiger partial charge is 0.469 e. The Balaban J connectivity index is 1.92. The minimum absolute atomic E-state index is 0.447. The molecule has 0 saturated carbocycles. The van der Waals surface area contributed by atoms with Crippen LogP contribution in [0.4, 0.5) is 0 Å². The first-order valence-electron chi connectivity index (χ1n) is 7.09. The van der Waals surface area contributed by atoms with E-state index in [-0.39, 0.29) is 0 Å². The molecule has 1 atom stereocenters. The van der Waals surface area contributed by atoms with E-state index in [9.17, 15) is 0 Å². The van der Waals surface area contributed by atoms with E-state index in [0.29, 0.717) is 6.04 Å². The highest BCUT2D eigenvalue weighted by Crippen LogP contribution is 2.10. The summed E-state index contributed by atoms with van der Waals surface area (Å²) in [4.78, 5) is 4.45. The van der Waals surface area contributed by atoms with Crippen molar-refractivity contribution < 1.29 is 4.42 Å². The van der Waals surface area contributed by atoms with Gasteiger partial charge in [-0.15, -0.1) is 0 Å². The Hall–Kier alpha value is -1.55. The van der Waals surface area contributed by atoms with Crippen LogP contribution in [0.3, 0.4) is 0 Å². The van der Waals surface area contributed by atoms with Crippen molar-refractivity contribution in [3.05, 3.63) is 42.4 Å². The van der Waals surface area contributed by atoms with Crippen LogP contribution in [-0.2, 0) is 19.4 Å². The molecule has 2 aromatic rings. The van der Waals surface area contributed by atoms with Crippen molar-refractivity contribution in [1.82, 2.24) is 14.9 Å². The average Bonchev–Trinajstić information content (AvgIpc) is 3.07. The Labute approximate surface area is 114 Å². The van der Waals surface area contributed by atoms with E-state index >= 15 is 0 Å². The summed E-state index contributed by atoms with van der Waals surface area (Å²) in [5.41, 5.74) is 0. The summed E-state index contributed by atoms with van der Waals surface area (Å²) in [6.07, 6.45) is 8.67. The van der Waals surface area contributed by atoms with Gasteiger partial charge in [0.15, 0.2) is 0 Å². The number of rotatable bonds is 8. The lowest BCUT2D eigenvalue weighted by molar-refractivity contribution is 0.438. The van der Waals surface area contributed by atoms with Gasteiger partial charge in [0.2, 0.25) is 0 Å². The van der Waals surface area contributed by atoms with Gasteiger partial charge in [0.25, 0.3) is 0 Å². The summed E-state index contributed by atoms with van der Waals surface area (Å²) in [7, 11) is 0. The molecule has 2 rings (SSSR count). The second-order valence-corrected chi connectivity index (χ2v) is 4.71. The quantitative estimate of drug-likeness (QED) is 0.794. The first-order valence-corrected chi connectivity index (χ1v) is 7.09. The molecule has 2 aromatic heterocycles. The molecular formula is C15H23N3O. The van der Waals surface area contributed by atoms with E-state index in [1.165, 1.54) is 0 Å². The Bertz CT molecular complexity index is 461. The van der Waals surface area contributed by atoms with Crippen molar-refractivity contribution >= 4 is 0 Å². The highest BCUT2D eigenvalue weighted by atomic mass is 16.3. The third-order valence-corrected chi connectivity index (χ3v) is 3.38. The molecular weight excluding hydrogens is 238 g/mol. The summed E-state index contributed by atoms with van der Waals surface area (Å²) in [5, 5.41) is 3.54. The van der Waals surface area contributed by atoms with Crippen molar-refractivity contribution in [1.29, 1.82) is 0 Å². The highest BCUT2D eigenvalue weighted by molar-refractivity contribution is 5.00. The summed E-state index contributed by atoms with van der Waals surface area (Å²) >= 11 is 0. The first-order chi connectivity index (χ1) is 9.33. The summed E-state index contributed by atoms with van der Waals surface area (Å²) in [5.74, 6) is 2.22. The van der Waals surface area contributed by atoms with Crippen molar-refractivity contribution in [3.63, 3.8) is 0 Å². The van der Waals surface area contributed by atoms with Crippen LogP contribution in [0.1, 0.15) is 31.9 Å². The molecule has 0 radical (unpaired) electrons. The number of aryl methyl sites for hydroxylation is 2. The maximum atomic E-state index is 5.39. The van der Waals surface area contributed by atoms with Gasteiger partial charge in [0.1, 0.15) is 11.6 Å². The monoisotopic (exact) mass is 261 g/mol. The molecule has 0 aliphatic carbocycles. The van der Waals surface area contributed by atoms with E-state index in [0.717, 1.165) is 43.9 Å². The maximum absolute atomic E-state index is 5.39. The smallest absolute Gasteiger partial charge is 0.110 e. The molecule has 104 valence electrons. The minimum Gasteiger partial charge on any atom is -0.469 e. The van der Waals surface area contributed by atoms with E-state index in [2.05, 4.69) is 28.7 Å². The lowest BCUT2D eigenvalue weighted by atomic mass is 10.1. The van der Waals surface area contributed by atoms with Crippen LogP contribution < -0.4 is 5.32 Å². The fourth-order valence-electron chi connectivity index (χ4n) is 2.37. The molecule has 2 heterocycles. The SMILES string of the molecule is CCNC(CCc1ccco1)Cc1nccn1CC. The fraction of sp³-hybridized carbons (Fsp3) is 0.533. The van der Waals surface area contributed by atoms with Crippen molar-refractivity contribution in [2.45, 2.75) is 45.7 Å². The summed E-state index contributed by atoms with van der Waals surface area (Å²) in [6, 6.07) is 4.43. The standard InChI is InChI=1S/C15H23N3O/c1-3-16-13(7-8-14-6-5-11-19-14)12-15-17-9-10-18(15)4-2/h5-6,9-11,13,16H,3-4,7-8,12H2,1-2H3. The van der Waals surface area contributed by atoms with E-state index in [1.807, 2.05) is 24.5 Å². The number of nitrogens with zero attached hydrogens (tertiary/aromatic N) is 2. The Morgan fingerprint density at radius 1 is 1.42 bits per heavy atom. The molecule has 1 unspecified atom stereocenters. The molecule has 0 spiro atoms. The van der Waals surface area contributed by atoms with Crippen molar-refractivity contribution in [3.8, 4) is 0 Å². The Morgan fingerprint density at radius 2 is 2.32 bits per heavy atom. The van der Waals surface area contributed by atoms with Crippen LogP contribution in [0.25, 0.3) is 0 Å². The molecule has 0 amide bonds. The second-order valence-electron chi connectivity index (χ2n) is 4.71. The molecule has 0 saturated heterocycles. The van der Waals surface area contributed by atoms with Crippen LogP contribution >= 0.6 is 0 Å². The number of furan rings is 1. The minimum atomic E-state index is 0.447. The number of aromatic nitrogens is 2. The topological polar surface area (TPSA) is 43.0 Å². The van der Waals surface area contributed by atoms with Gasteiger partial charge < -0.3 is 14.3 Å². The van der Waals surface area contributed by atoms with Gasteiger partial charge in [0, 0.05) is 37.8 Å². The first kappa shape index (κ1) is 13.9. The third kappa shape index (κ3) is 3.96. The lowest BCUT2D eigenvalue weighted by Crippen LogP contribution is -2.32. The molecule has 0 aliphatic rings. The van der Waals surface area contributed by atoms with Crippen LogP contribution in [0.15, 0.2) is 35.2 Å². The summed E-state index contributed by atoms with van der Waals surface area (Å²) < 4.78 is 7.60. The molecule has 4 heteroatoms. The average molecular weight is 261 g/mol. The predicted molar refractivity (Wildman–Crippen MR) is 76.1 cm³/mol. The van der Waals surface area contributed by atoms with Gasteiger partial charge in [0.05, 0.1) is 6.26 Å². The zero-order chi connectivity index (χ0) is 13.5. The number of imidazole rings is 1. The van der Waals surface area contributed by atoms with Gasteiger partial charge in [-0.05, 0) is 32.0 Å². The zero-order valence-electron chi connectivity index (χ0n) is 11.8. The van der Waals surface area contributed by atoms with Crippen molar-refractivity contribution in [2.75, 3.05) is 6.54 Å². The van der Waals surface area contributed by atoms with E-state index in [4.69, 9.17) is 4.42 Å². The van der Waals surface area contributed by atoms with Crippen molar-refractivity contribution in [2.24, 2.45) is 0 Å². The number of hydrogen-bond acceptors (Lipinski definition) is 3. The van der Waals surface area contributed by atoms with Crippen LogP contribution in [0.2, 0.25) is 0 Å². The van der Waals surface area contributed by atoms with Crippen LogP contribution in [0, 0.1) is 0 Å². The predicted octanol–water partition coefficient (Wildman–Crippen LogP) is 2.65. The normalized spacial score (nSPS) is 12.7. The number of hydrogen-bond donors (Lipinski definition) is 1. The molecule has 0 fully saturated rings. The maximum Gasteiger partial charge on any atom is 0.110 e. The lowest BCUT2D eigenvalue weighted by Gasteiger charge is -2.17. The summed E-state index contributed by atoms with van der Waals surface area (Å²) in [6.45, 7) is 6.25. The van der Waals surface area contributed by atoms with Gasteiger partial charge in [-0.3, -0.25) is 0 Å². The Kier molecular flexibility index (Phi) is 5.21. The van der Waals surface area contributed by atoms with Crippen LogP contribution in [-0.4, -0.2) is 22.1 Å². The van der Waals surface area contributed by atoms with Gasteiger partial charge in [-0.2, -0.15) is 0 Å². The van der Waals surface area contributed by atoms with Gasteiger partial charge in [-0.1, -0.05) is 6.92 Å². The zero-order valence-corrected chi connectivity index (χ0v) is 11.8. The molecule has 0 aliphatic heterocycles. The highest BCUT2D eigenvalue weighted by Gasteiger charge is 2.12. The van der Waals surface area contributed by atoms with Gasteiger partial charge in [-0.25, -0.2) is 4.98 Å². The third-order valence-electron chi connectivity index (χ3n) is 3.38. The number of nitrogens with one attached hydrogen (secondary N) is 1. The fourth-order valence-corrected chi connectivity index (χ4v) is 2.37. The molecule has 0 aromatic carbocycles.